The van der Waals surface area contributed by atoms with Crippen molar-refractivity contribution >= 4 is 28.3 Å². The number of carboxylic acids is 1. The van der Waals surface area contributed by atoms with E-state index in [1.807, 2.05) is 0 Å². The van der Waals surface area contributed by atoms with Crippen molar-refractivity contribution in [2.45, 2.75) is 6.92 Å². The molecule has 6 nitrogen and oxygen atoms in total. The number of nitrogens with zero attached hydrogens (tertiary/aromatic N) is 3. The van der Waals surface area contributed by atoms with Gasteiger partial charge in [0.05, 0.1) is 29.1 Å². The first-order valence-electron chi connectivity index (χ1n) is 5.33. The van der Waals surface area contributed by atoms with Crippen LogP contribution in [0.15, 0.2) is 24.7 Å². The number of hydrogen-bond donors (Lipinski definition) is 2. The zero-order valence-corrected chi connectivity index (χ0v) is 9.58. The summed E-state index contributed by atoms with van der Waals surface area (Å²) >= 11 is 0. The lowest BCUT2D eigenvalue weighted by atomic mass is 10.1. The molecule has 0 spiro atoms. The van der Waals surface area contributed by atoms with Gasteiger partial charge >= 0.3 is 5.97 Å². The van der Waals surface area contributed by atoms with E-state index in [2.05, 4.69) is 9.97 Å². The zero-order valence-electron chi connectivity index (χ0n) is 9.58. The Morgan fingerprint density at radius 1 is 1.39 bits per heavy atom. The fraction of sp³-hybridized carbons (Fsp3) is 0.0833. The van der Waals surface area contributed by atoms with Crippen LogP contribution in [-0.4, -0.2) is 25.4 Å². The predicted octanol–water partition coefficient (Wildman–Crippen LogP) is 1.47. The molecule has 0 atom stereocenters. The Balaban J connectivity index is 2.52. The first-order valence-corrected chi connectivity index (χ1v) is 5.33. The largest absolute Gasteiger partial charge is 0.478 e. The number of carbonyl (C=O) groups is 1. The zero-order chi connectivity index (χ0) is 12.9. The van der Waals surface area contributed by atoms with Crippen LogP contribution in [0.5, 0.6) is 0 Å². The molecule has 0 saturated carbocycles. The van der Waals surface area contributed by atoms with Crippen molar-refractivity contribution in [3.05, 3.63) is 35.8 Å². The molecule has 0 aliphatic rings. The first kappa shape index (κ1) is 10.5. The van der Waals surface area contributed by atoms with Crippen LogP contribution in [0.4, 0.5) is 5.82 Å². The highest BCUT2D eigenvalue weighted by Gasteiger charge is 2.12. The number of carboxylic acid groups (broad SMARTS) is 1. The van der Waals surface area contributed by atoms with Gasteiger partial charge < -0.3 is 10.8 Å². The van der Waals surface area contributed by atoms with Crippen LogP contribution in [-0.2, 0) is 0 Å². The smallest absolute Gasteiger partial charge is 0.336 e. The number of imidazole rings is 1. The molecule has 3 rings (SSSR count). The fourth-order valence-electron chi connectivity index (χ4n) is 2.06. The number of benzene rings is 1. The number of nitrogen functional groups attached to an aromatic ring is 1. The molecular weight excluding hydrogens is 232 g/mol. The highest BCUT2D eigenvalue weighted by Crippen LogP contribution is 2.22. The Kier molecular flexibility index (Phi) is 2.00. The van der Waals surface area contributed by atoms with E-state index in [-0.39, 0.29) is 5.56 Å². The average molecular weight is 242 g/mol. The summed E-state index contributed by atoms with van der Waals surface area (Å²) in [6.45, 7) is 1.73. The van der Waals surface area contributed by atoms with Gasteiger partial charge in [-0.15, -0.1) is 0 Å². The number of rotatable bonds is 1. The van der Waals surface area contributed by atoms with Crippen LogP contribution < -0.4 is 5.73 Å². The minimum atomic E-state index is -0.959. The first-order chi connectivity index (χ1) is 8.58. The summed E-state index contributed by atoms with van der Waals surface area (Å²) in [5.41, 5.74) is 8.74. The van der Waals surface area contributed by atoms with Crippen molar-refractivity contribution in [2.24, 2.45) is 0 Å². The third-order valence-corrected chi connectivity index (χ3v) is 2.95. The Bertz CT molecular complexity index is 791. The second kappa shape index (κ2) is 3.43. The lowest BCUT2D eigenvalue weighted by Gasteiger charge is -2.07. The van der Waals surface area contributed by atoms with Crippen molar-refractivity contribution in [1.29, 1.82) is 0 Å². The summed E-state index contributed by atoms with van der Waals surface area (Å²) in [5.74, 6) is -0.582. The number of hydrogen-bond acceptors (Lipinski definition) is 4. The second-order valence-corrected chi connectivity index (χ2v) is 4.11. The molecule has 2 aromatic heterocycles. The van der Waals surface area contributed by atoms with E-state index in [0.717, 1.165) is 0 Å². The predicted molar refractivity (Wildman–Crippen MR) is 66.6 cm³/mol. The van der Waals surface area contributed by atoms with E-state index in [0.29, 0.717) is 27.9 Å². The molecule has 6 heteroatoms. The van der Waals surface area contributed by atoms with Crippen LogP contribution in [0.1, 0.15) is 15.9 Å². The molecule has 0 aliphatic heterocycles. The highest BCUT2D eigenvalue weighted by molar-refractivity contribution is 5.95. The topological polar surface area (TPSA) is 93.5 Å². The van der Waals surface area contributed by atoms with E-state index in [1.54, 1.807) is 36.0 Å². The van der Waals surface area contributed by atoms with Crippen LogP contribution in [0, 0.1) is 6.92 Å². The van der Waals surface area contributed by atoms with Crippen molar-refractivity contribution in [2.75, 3.05) is 5.73 Å². The molecule has 2 heterocycles. The molecule has 0 unspecified atom stereocenters. The van der Waals surface area contributed by atoms with Crippen LogP contribution in [0.25, 0.3) is 16.6 Å². The molecular formula is C12H10N4O2. The summed E-state index contributed by atoms with van der Waals surface area (Å²) in [6.07, 6.45) is 3.19. The summed E-state index contributed by atoms with van der Waals surface area (Å²) in [4.78, 5) is 19.4. The quantitative estimate of drug-likeness (QED) is 0.674. The van der Waals surface area contributed by atoms with Gasteiger partial charge in [-0.2, -0.15) is 0 Å². The van der Waals surface area contributed by atoms with E-state index in [1.165, 1.54) is 0 Å². The maximum Gasteiger partial charge on any atom is 0.336 e. The highest BCUT2D eigenvalue weighted by atomic mass is 16.4. The van der Waals surface area contributed by atoms with Gasteiger partial charge in [0.2, 0.25) is 0 Å². The van der Waals surface area contributed by atoms with Crippen LogP contribution >= 0.6 is 0 Å². The molecule has 0 amide bonds. The molecule has 1 aromatic carbocycles. The molecule has 0 aliphatic carbocycles. The molecule has 0 fully saturated rings. The third kappa shape index (κ3) is 1.32. The van der Waals surface area contributed by atoms with E-state index < -0.39 is 5.97 Å². The van der Waals surface area contributed by atoms with Crippen molar-refractivity contribution < 1.29 is 9.90 Å². The lowest BCUT2D eigenvalue weighted by Crippen LogP contribution is -2.03. The lowest BCUT2D eigenvalue weighted by molar-refractivity contribution is 0.0696. The molecule has 3 aromatic rings. The Morgan fingerprint density at radius 2 is 2.17 bits per heavy atom. The van der Waals surface area contributed by atoms with Crippen LogP contribution in [0.3, 0.4) is 0 Å². The molecule has 18 heavy (non-hydrogen) atoms. The van der Waals surface area contributed by atoms with Gasteiger partial charge in [0.1, 0.15) is 11.3 Å². The molecule has 3 N–H and O–H groups in total. The standard InChI is InChI=1S/C12H10N4O2/c1-6-2-8-9(3-7(6)12(17)18)16-5-14-4-10(16)11(13)15-8/h2-5H,1H3,(H2,13,15)(H,17,18). The number of fused-ring (bicyclic) bond motifs is 3. The van der Waals surface area contributed by atoms with Gasteiger partial charge in [-0.25, -0.2) is 14.8 Å². The monoisotopic (exact) mass is 242 g/mol. The Labute approximate surface area is 102 Å². The summed E-state index contributed by atoms with van der Waals surface area (Å²) < 4.78 is 1.74. The van der Waals surface area contributed by atoms with Gasteiger partial charge in [0, 0.05) is 0 Å². The van der Waals surface area contributed by atoms with E-state index >= 15 is 0 Å². The minimum absolute atomic E-state index is 0.254. The summed E-state index contributed by atoms with van der Waals surface area (Å²) in [7, 11) is 0. The molecule has 0 saturated heterocycles. The maximum absolute atomic E-state index is 11.1. The van der Waals surface area contributed by atoms with Gasteiger partial charge in [-0.3, -0.25) is 4.40 Å². The SMILES string of the molecule is Cc1cc2nc(N)c3cncn3c2cc1C(=O)O. The average Bonchev–Trinajstić information content (AvgIpc) is 2.77. The molecule has 0 bridgehead atoms. The summed E-state index contributed by atoms with van der Waals surface area (Å²) in [5, 5.41) is 9.13. The Morgan fingerprint density at radius 3 is 2.89 bits per heavy atom. The normalized spacial score (nSPS) is 11.2. The Hall–Kier alpha value is -2.63. The van der Waals surface area contributed by atoms with Crippen LogP contribution in [0.2, 0.25) is 0 Å². The molecule has 90 valence electrons. The van der Waals surface area contributed by atoms with E-state index in [9.17, 15) is 4.79 Å². The number of aromatic nitrogens is 3. The van der Waals surface area contributed by atoms with E-state index in [4.69, 9.17) is 10.8 Å². The summed E-state index contributed by atoms with van der Waals surface area (Å²) in [6, 6.07) is 3.31. The van der Waals surface area contributed by atoms with Gasteiger partial charge in [0.25, 0.3) is 0 Å². The second-order valence-electron chi connectivity index (χ2n) is 4.11. The maximum atomic E-state index is 11.1. The number of nitrogens with two attached hydrogens (primary N) is 1. The number of aryl methyl sites for hydroxylation is 1. The number of anilines is 1. The third-order valence-electron chi connectivity index (χ3n) is 2.95. The molecule has 0 radical (unpaired) electrons. The number of aromatic carboxylic acids is 1. The minimum Gasteiger partial charge on any atom is -0.478 e. The van der Waals surface area contributed by atoms with Crippen molar-refractivity contribution in [1.82, 2.24) is 14.4 Å². The van der Waals surface area contributed by atoms with Crippen molar-refractivity contribution in [3.63, 3.8) is 0 Å². The van der Waals surface area contributed by atoms with Gasteiger partial charge in [0.15, 0.2) is 0 Å². The fourth-order valence-corrected chi connectivity index (χ4v) is 2.06. The van der Waals surface area contributed by atoms with Gasteiger partial charge in [-0.1, -0.05) is 0 Å². The van der Waals surface area contributed by atoms with Crippen molar-refractivity contribution in [3.8, 4) is 0 Å². The van der Waals surface area contributed by atoms with Gasteiger partial charge in [-0.05, 0) is 24.6 Å².